The SMILES string of the molecule is CCOC(=O)/C(O)=C/C(=O)c1ccc(CC(C)C)cc1. The fraction of sp³-hybridized carbons (Fsp3) is 0.375. The van der Waals surface area contributed by atoms with Gasteiger partial charge in [0.1, 0.15) is 0 Å². The summed E-state index contributed by atoms with van der Waals surface area (Å²) in [6.07, 6.45) is 1.83. The van der Waals surface area contributed by atoms with E-state index in [1.54, 1.807) is 19.1 Å². The Hall–Kier alpha value is -2.10. The van der Waals surface area contributed by atoms with Crippen LogP contribution in [-0.2, 0) is 16.0 Å². The third kappa shape index (κ3) is 4.88. The van der Waals surface area contributed by atoms with E-state index in [0.717, 1.165) is 18.1 Å². The Balaban J connectivity index is 2.77. The molecule has 0 heterocycles. The molecule has 0 saturated carbocycles. The summed E-state index contributed by atoms with van der Waals surface area (Å²) in [7, 11) is 0. The molecule has 0 aliphatic rings. The van der Waals surface area contributed by atoms with Crippen LogP contribution in [0.3, 0.4) is 0 Å². The smallest absolute Gasteiger partial charge is 0.373 e. The molecule has 108 valence electrons. The number of allylic oxidation sites excluding steroid dienone is 1. The highest BCUT2D eigenvalue weighted by Gasteiger charge is 2.12. The number of aliphatic hydroxyl groups is 1. The number of hydrogen-bond acceptors (Lipinski definition) is 4. The minimum Gasteiger partial charge on any atom is -0.502 e. The van der Waals surface area contributed by atoms with Crippen molar-refractivity contribution in [1.29, 1.82) is 0 Å². The van der Waals surface area contributed by atoms with Gasteiger partial charge in [-0.05, 0) is 24.8 Å². The van der Waals surface area contributed by atoms with E-state index in [-0.39, 0.29) is 6.61 Å². The summed E-state index contributed by atoms with van der Waals surface area (Å²) in [5, 5.41) is 9.42. The molecule has 0 aliphatic heterocycles. The summed E-state index contributed by atoms with van der Waals surface area (Å²) >= 11 is 0. The maximum Gasteiger partial charge on any atom is 0.373 e. The molecule has 0 spiro atoms. The van der Waals surface area contributed by atoms with E-state index in [1.165, 1.54) is 0 Å². The maximum atomic E-state index is 11.9. The number of carbonyl (C=O) groups is 2. The lowest BCUT2D eigenvalue weighted by atomic mass is 10.0. The monoisotopic (exact) mass is 276 g/mol. The summed E-state index contributed by atoms with van der Waals surface area (Å²) in [4.78, 5) is 23.0. The van der Waals surface area contributed by atoms with Gasteiger partial charge in [-0.15, -0.1) is 0 Å². The van der Waals surface area contributed by atoms with Crippen molar-refractivity contribution in [3.05, 3.63) is 47.2 Å². The first kappa shape index (κ1) is 16.0. The molecule has 1 rings (SSSR count). The fourth-order valence-corrected chi connectivity index (χ4v) is 1.75. The van der Waals surface area contributed by atoms with Crippen molar-refractivity contribution in [2.75, 3.05) is 6.61 Å². The van der Waals surface area contributed by atoms with Gasteiger partial charge < -0.3 is 9.84 Å². The van der Waals surface area contributed by atoms with Crippen LogP contribution < -0.4 is 0 Å². The number of rotatable bonds is 6. The molecule has 0 amide bonds. The molecule has 0 fully saturated rings. The zero-order chi connectivity index (χ0) is 15.1. The summed E-state index contributed by atoms with van der Waals surface area (Å²) in [6, 6.07) is 7.13. The van der Waals surface area contributed by atoms with Crippen LogP contribution in [0.5, 0.6) is 0 Å². The average molecular weight is 276 g/mol. The minimum absolute atomic E-state index is 0.148. The highest BCUT2D eigenvalue weighted by Crippen LogP contribution is 2.11. The summed E-state index contributed by atoms with van der Waals surface area (Å²) in [5.41, 5.74) is 1.57. The highest BCUT2D eigenvalue weighted by atomic mass is 16.5. The number of ketones is 1. The first-order valence-corrected chi connectivity index (χ1v) is 6.65. The van der Waals surface area contributed by atoms with Crippen molar-refractivity contribution in [1.82, 2.24) is 0 Å². The van der Waals surface area contributed by atoms with Gasteiger partial charge in [0.15, 0.2) is 5.78 Å². The molecule has 1 N–H and O–H groups in total. The van der Waals surface area contributed by atoms with Crippen LogP contribution in [0.4, 0.5) is 0 Å². The Kier molecular flexibility index (Phi) is 5.97. The number of carbonyl (C=O) groups excluding carboxylic acids is 2. The Labute approximate surface area is 119 Å². The second-order valence-corrected chi connectivity index (χ2v) is 4.91. The molecule has 0 unspecified atom stereocenters. The first-order chi connectivity index (χ1) is 9.43. The van der Waals surface area contributed by atoms with Gasteiger partial charge in [-0.2, -0.15) is 0 Å². The lowest BCUT2D eigenvalue weighted by Crippen LogP contribution is -2.09. The summed E-state index contributed by atoms with van der Waals surface area (Å²) < 4.78 is 4.59. The number of esters is 1. The Morgan fingerprint density at radius 1 is 1.25 bits per heavy atom. The normalized spacial score (nSPS) is 11.5. The summed E-state index contributed by atoms with van der Waals surface area (Å²) in [5.74, 6) is -1.45. The Bertz CT molecular complexity index is 498. The van der Waals surface area contributed by atoms with E-state index in [1.807, 2.05) is 12.1 Å². The predicted molar refractivity (Wildman–Crippen MR) is 76.7 cm³/mol. The zero-order valence-corrected chi connectivity index (χ0v) is 12.1. The van der Waals surface area contributed by atoms with Crippen molar-refractivity contribution >= 4 is 11.8 Å². The third-order valence-corrected chi connectivity index (χ3v) is 2.63. The van der Waals surface area contributed by atoms with Gasteiger partial charge in [-0.25, -0.2) is 4.79 Å². The molecule has 0 radical (unpaired) electrons. The molecular formula is C16H20O4. The van der Waals surface area contributed by atoms with E-state index < -0.39 is 17.5 Å². The molecule has 1 aromatic carbocycles. The zero-order valence-electron chi connectivity index (χ0n) is 12.1. The predicted octanol–water partition coefficient (Wildman–Crippen LogP) is 3.07. The number of hydrogen-bond donors (Lipinski definition) is 1. The maximum absolute atomic E-state index is 11.9. The average Bonchev–Trinajstić information content (AvgIpc) is 2.39. The third-order valence-electron chi connectivity index (χ3n) is 2.63. The van der Waals surface area contributed by atoms with Crippen molar-refractivity contribution < 1.29 is 19.4 Å². The molecule has 0 saturated heterocycles. The van der Waals surface area contributed by atoms with Crippen LogP contribution in [0.15, 0.2) is 36.1 Å². The highest BCUT2D eigenvalue weighted by molar-refractivity contribution is 6.07. The second-order valence-electron chi connectivity index (χ2n) is 4.91. The quantitative estimate of drug-likeness (QED) is 0.375. The van der Waals surface area contributed by atoms with Gasteiger partial charge in [0.05, 0.1) is 6.61 Å². The van der Waals surface area contributed by atoms with Crippen LogP contribution in [0, 0.1) is 5.92 Å². The van der Waals surface area contributed by atoms with Crippen molar-refractivity contribution in [2.24, 2.45) is 5.92 Å². The van der Waals surface area contributed by atoms with Gasteiger partial charge >= 0.3 is 5.97 Å². The molecular weight excluding hydrogens is 256 g/mol. The van der Waals surface area contributed by atoms with Crippen molar-refractivity contribution in [3.8, 4) is 0 Å². The summed E-state index contributed by atoms with van der Waals surface area (Å²) in [6.45, 7) is 6.02. The molecule has 0 atom stereocenters. The van der Waals surface area contributed by atoms with Crippen molar-refractivity contribution in [2.45, 2.75) is 27.2 Å². The number of ether oxygens (including phenoxy) is 1. The van der Waals surface area contributed by atoms with Gasteiger partial charge in [0, 0.05) is 11.6 Å². The number of benzene rings is 1. The molecule has 4 heteroatoms. The van der Waals surface area contributed by atoms with Gasteiger partial charge in [0.25, 0.3) is 0 Å². The number of aliphatic hydroxyl groups excluding tert-OH is 1. The van der Waals surface area contributed by atoms with E-state index in [4.69, 9.17) is 0 Å². The van der Waals surface area contributed by atoms with Crippen LogP contribution in [0.2, 0.25) is 0 Å². The van der Waals surface area contributed by atoms with E-state index >= 15 is 0 Å². The van der Waals surface area contributed by atoms with E-state index in [9.17, 15) is 14.7 Å². The van der Waals surface area contributed by atoms with Crippen LogP contribution in [-0.4, -0.2) is 23.5 Å². The first-order valence-electron chi connectivity index (χ1n) is 6.65. The van der Waals surface area contributed by atoms with E-state index in [0.29, 0.717) is 11.5 Å². The topological polar surface area (TPSA) is 63.6 Å². The molecule has 1 aromatic rings. The van der Waals surface area contributed by atoms with Crippen LogP contribution in [0.25, 0.3) is 0 Å². The van der Waals surface area contributed by atoms with Gasteiger partial charge in [-0.3, -0.25) is 4.79 Å². The Morgan fingerprint density at radius 2 is 1.85 bits per heavy atom. The van der Waals surface area contributed by atoms with Crippen LogP contribution >= 0.6 is 0 Å². The largest absolute Gasteiger partial charge is 0.502 e. The lowest BCUT2D eigenvalue weighted by molar-refractivity contribution is -0.141. The molecule has 4 nitrogen and oxygen atoms in total. The molecule has 0 aliphatic carbocycles. The molecule has 0 aromatic heterocycles. The van der Waals surface area contributed by atoms with Gasteiger partial charge in [-0.1, -0.05) is 38.1 Å². The minimum atomic E-state index is -0.891. The standard InChI is InChI=1S/C16H20O4/c1-4-20-16(19)15(18)10-14(17)13-7-5-12(6-8-13)9-11(2)3/h5-8,10-11,18H,4,9H2,1-3H3/b15-10-. The Morgan fingerprint density at radius 3 is 2.35 bits per heavy atom. The fourth-order valence-electron chi connectivity index (χ4n) is 1.75. The molecule has 20 heavy (non-hydrogen) atoms. The van der Waals surface area contributed by atoms with Crippen LogP contribution in [0.1, 0.15) is 36.7 Å². The van der Waals surface area contributed by atoms with Gasteiger partial charge in [0.2, 0.25) is 5.76 Å². The van der Waals surface area contributed by atoms with Crippen molar-refractivity contribution in [3.63, 3.8) is 0 Å². The van der Waals surface area contributed by atoms with E-state index in [2.05, 4.69) is 18.6 Å². The molecule has 0 bridgehead atoms. The second kappa shape index (κ2) is 7.48. The lowest BCUT2D eigenvalue weighted by Gasteiger charge is -2.05.